The highest BCUT2D eigenvalue weighted by Crippen LogP contribution is 2.22. The molecule has 1 aromatic carbocycles. The summed E-state index contributed by atoms with van der Waals surface area (Å²) >= 11 is 5.93. The van der Waals surface area contributed by atoms with Crippen molar-refractivity contribution in [3.05, 3.63) is 41.8 Å². The number of hydrogen-bond donors (Lipinski definition) is 1. The highest BCUT2D eigenvalue weighted by Gasteiger charge is 2.12. The first-order valence-corrected chi connectivity index (χ1v) is 7.27. The summed E-state index contributed by atoms with van der Waals surface area (Å²) in [6, 6.07) is 7.59. The second kappa shape index (κ2) is 6.29. The molecule has 0 aliphatic rings. The van der Waals surface area contributed by atoms with Gasteiger partial charge in [-0.15, -0.1) is 0 Å². The highest BCUT2D eigenvalue weighted by atomic mass is 35.5. The van der Waals surface area contributed by atoms with Crippen LogP contribution in [0.5, 0.6) is 0 Å². The molecule has 1 N–H and O–H groups in total. The van der Waals surface area contributed by atoms with Gasteiger partial charge in [0.1, 0.15) is 12.1 Å². The molecule has 0 bridgehead atoms. The molecule has 6 nitrogen and oxygen atoms in total. The summed E-state index contributed by atoms with van der Waals surface area (Å²) in [5.74, 6) is 0.745. The molecule has 2 heterocycles. The van der Waals surface area contributed by atoms with E-state index in [-0.39, 0.29) is 6.04 Å². The van der Waals surface area contributed by atoms with Gasteiger partial charge in [0.05, 0.1) is 23.9 Å². The van der Waals surface area contributed by atoms with Crippen LogP contribution in [0.25, 0.3) is 16.7 Å². The molecule has 0 radical (unpaired) electrons. The van der Waals surface area contributed by atoms with Gasteiger partial charge in [-0.25, -0.2) is 14.6 Å². The summed E-state index contributed by atoms with van der Waals surface area (Å²) in [5.41, 5.74) is 1.64. The number of hydrogen-bond acceptors (Lipinski definition) is 5. The quantitative estimate of drug-likeness (QED) is 0.784. The lowest BCUT2D eigenvalue weighted by molar-refractivity contribution is 0.190. The molecule has 1 atom stereocenters. The highest BCUT2D eigenvalue weighted by molar-refractivity contribution is 6.30. The third-order valence-corrected chi connectivity index (χ3v) is 3.49. The largest absolute Gasteiger partial charge is 0.383 e. The van der Waals surface area contributed by atoms with Crippen LogP contribution in [-0.4, -0.2) is 39.5 Å². The Bertz CT molecular complexity index is 771. The number of aromatic nitrogens is 4. The van der Waals surface area contributed by atoms with E-state index in [2.05, 4.69) is 20.4 Å². The van der Waals surface area contributed by atoms with Crippen LogP contribution in [0.1, 0.15) is 6.92 Å². The van der Waals surface area contributed by atoms with Crippen molar-refractivity contribution in [2.75, 3.05) is 19.0 Å². The van der Waals surface area contributed by atoms with E-state index in [1.807, 2.05) is 31.2 Å². The summed E-state index contributed by atoms with van der Waals surface area (Å²) in [7, 11) is 1.67. The second-order valence-electron chi connectivity index (χ2n) is 4.99. The maximum Gasteiger partial charge on any atom is 0.168 e. The van der Waals surface area contributed by atoms with Gasteiger partial charge in [0.15, 0.2) is 5.65 Å². The molecular formula is C15H16ClN5O. The number of methoxy groups -OCH3 is 1. The van der Waals surface area contributed by atoms with E-state index in [0.717, 1.165) is 22.5 Å². The van der Waals surface area contributed by atoms with Crippen molar-refractivity contribution in [1.82, 2.24) is 19.7 Å². The average molecular weight is 318 g/mol. The van der Waals surface area contributed by atoms with E-state index in [9.17, 15) is 0 Å². The van der Waals surface area contributed by atoms with Gasteiger partial charge >= 0.3 is 0 Å². The molecule has 0 spiro atoms. The van der Waals surface area contributed by atoms with Crippen molar-refractivity contribution in [2.24, 2.45) is 0 Å². The van der Waals surface area contributed by atoms with Crippen LogP contribution in [-0.2, 0) is 4.74 Å². The smallest absolute Gasteiger partial charge is 0.168 e. The summed E-state index contributed by atoms with van der Waals surface area (Å²) in [6.07, 6.45) is 3.28. The Balaban J connectivity index is 2.00. The summed E-state index contributed by atoms with van der Waals surface area (Å²) in [4.78, 5) is 8.64. The number of nitrogens with one attached hydrogen (secondary N) is 1. The number of ether oxygens (including phenoxy) is 1. The van der Waals surface area contributed by atoms with Gasteiger partial charge < -0.3 is 10.1 Å². The van der Waals surface area contributed by atoms with Crippen LogP contribution in [0.3, 0.4) is 0 Å². The molecule has 3 rings (SSSR count). The number of benzene rings is 1. The van der Waals surface area contributed by atoms with Crippen molar-refractivity contribution in [3.63, 3.8) is 0 Å². The standard InChI is InChI=1S/C15H16ClN5O/c1-10(8-22-2)20-14-13-7-19-21(15(13)18-9-17-14)12-5-3-11(16)4-6-12/h3-7,9-10H,8H2,1-2H3,(H,17,18,20)/t10-/m1/s1. The van der Waals surface area contributed by atoms with E-state index in [1.165, 1.54) is 6.33 Å². The van der Waals surface area contributed by atoms with Crippen molar-refractivity contribution in [2.45, 2.75) is 13.0 Å². The van der Waals surface area contributed by atoms with Crippen LogP contribution in [0.2, 0.25) is 5.02 Å². The molecule has 0 saturated heterocycles. The summed E-state index contributed by atoms with van der Waals surface area (Å²) < 4.78 is 6.90. The second-order valence-corrected chi connectivity index (χ2v) is 5.43. The van der Waals surface area contributed by atoms with Crippen molar-refractivity contribution in [3.8, 4) is 5.69 Å². The van der Waals surface area contributed by atoms with Crippen LogP contribution in [0.4, 0.5) is 5.82 Å². The Labute approximate surface area is 133 Å². The molecule has 0 fully saturated rings. The predicted octanol–water partition coefficient (Wildman–Crippen LogP) is 2.92. The van der Waals surface area contributed by atoms with Gasteiger partial charge in [0.25, 0.3) is 0 Å². The van der Waals surface area contributed by atoms with Gasteiger partial charge in [-0.3, -0.25) is 0 Å². The van der Waals surface area contributed by atoms with Crippen LogP contribution in [0.15, 0.2) is 36.8 Å². The van der Waals surface area contributed by atoms with Crippen molar-refractivity contribution < 1.29 is 4.74 Å². The Hall–Kier alpha value is -2.18. The third-order valence-electron chi connectivity index (χ3n) is 3.24. The minimum atomic E-state index is 0.141. The lowest BCUT2D eigenvalue weighted by Gasteiger charge is -2.13. The van der Waals surface area contributed by atoms with Gasteiger partial charge in [-0.05, 0) is 31.2 Å². The maximum absolute atomic E-state index is 5.93. The molecule has 0 aliphatic heterocycles. The van der Waals surface area contributed by atoms with Crippen molar-refractivity contribution >= 4 is 28.5 Å². The van der Waals surface area contributed by atoms with E-state index in [4.69, 9.17) is 16.3 Å². The molecule has 0 saturated carbocycles. The Morgan fingerprint density at radius 3 is 2.77 bits per heavy atom. The summed E-state index contributed by atoms with van der Waals surface area (Å²) in [5, 5.41) is 9.27. The molecule has 0 aliphatic carbocycles. The average Bonchev–Trinajstić information content (AvgIpc) is 2.93. The number of halogens is 1. The normalized spacial score (nSPS) is 12.5. The monoisotopic (exact) mass is 317 g/mol. The van der Waals surface area contributed by atoms with E-state index in [0.29, 0.717) is 11.6 Å². The zero-order chi connectivity index (χ0) is 15.5. The third kappa shape index (κ3) is 2.88. The maximum atomic E-state index is 5.93. The van der Waals surface area contributed by atoms with E-state index < -0.39 is 0 Å². The Morgan fingerprint density at radius 1 is 1.27 bits per heavy atom. The van der Waals surface area contributed by atoms with E-state index in [1.54, 1.807) is 18.0 Å². The zero-order valence-corrected chi connectivity index (χ0v) is 13.1. The summed E-state index contributed by atoms with van der Waals surface area (Å²) in [6.45, 7) is 2.62. The van der Waals surface area contributed by atoms with Crippen LogP contribution < -0.4 is 5.32 Å². The number of nitrogens with zero attached hydrogens (tertiary/aromatic N) is 4. The van der Waals surface area contributed by atoms with Gasteiger partial charge in [0, 0.05) is 18.2 Å². The Kier molecular flexibility index (Phi) is 4.22. The first-order valence-electron chi connectivity index (χ1n) is 6.89. The van der Waals surface area contributed by atoms with Crippen LogP contribution in [0, 0.1) is 0 Å². The fourth-order valence-electron chi connectivity index (χ4n) is 2.26. The van der Waals surface area contributed by atoms with Gasteiger partial charge in [0.2, 0.25) is 0 Å². The number of fused-ring (bicyclic) bond motifs is 1. The molecule has 22 heavy (non-hydrogen) atoms. The molecule has 114 valence electrons. The predicted molar refractivity (Wildman–Crippen MR) is 86.6 cm³/mol. The minimum absolute atomic E-state index is 0.141. The first-order chi connectivity index (χ1) is 10.7. The molecule has 2 aromatic heterocycles. The fraction of sp³-hybridized carbons (Fsp3) is 0.267. The molecular weight excluding hydrogens is 302 g/mol. The van der Waals surface area contributed by atoms with E-state index >= 15 is 0 Å². The first kappa shape index (κ1) is 14.7. The Morgan fingerprint density at radius 2 is 2.05 bits per heavy atom. The fourth-order valence-corrected chi connectivity index (χ4v) is 2.38. The SMILES string of the molecule is COC[C@@H](C)Nc1ncnc2c1cnn2-c1ccc(Cl)cc1. The molecule has 3 aromatic rings. The van der Waals surface area contributed by atoms with Gasteiger partial charge in [-0.1, -0.05) is 11.6 Å². The molecule has 0 unspecified atom stereocenters. The van der Waals surface area contributed by atoms with Gasteiger partial charge in [-0.2, -0.15) is 5.10 Å². The molecule has 0 amide bonds. The number of rotatable bonds is 5. The minimum Gasteiger partial charge on any atom is -0.383 e. The topological polar surface area (TPSA) is 64.9 Å². The number of anilines is 1. The zero-order valence-electron chi connectivity index (χ0n) is 12.3. The molecule has 7 heteroatoms. The van der Waals surface area contributed by atoms with Crippen LogP contribution >= 0.6 is 11.6 Å². The van der Waals surface area contributed by atoms with Crippen molar-refractivity contribution in [1.29, 1.82) is 0 Å². The lowest BCUT2D eigenvalue weighted by atomic mass is 10.3. The lowest BCUT2D eigenvalue weighted by Crippen LogP contribution is -2.21.